The van der Waals surface area contributed by atoms with Gasteiger partial charge in [-0.2, -0.15) is 0 Å². The molecule has 0 saturated heterocycles. The molecule has 32 heavy (non-hydrogen) atoms. The number of halogens is 1. The Morgan fingerprint density at radius 3 is 2.38 bits per heavy atom. The van der Waals surface area contributed by atoms with Crippen LogP contribution >= 0.6 is 7.14 Å². The van der Waals surface area contributed by atoms with Crippen molar-refractivity contribution in [1.82, 2.24) is 15.0 Å². The zero-order chi connectivity index (χ0) is 23.5. The highest BCUT2D eigenvalue weighted by Crippen LogP contribution is 2.39. The highest BCUT2D eigenvalue weighted by Gasteiger charge is 2.20. The van der Waals surface area contributed by atoms with Gasteiger partial charge in [0.25, 0.3) is 0 Å². The van der Waals surface area contributed by atoms with Gasteiger partial charge in [-0.25, -0.2) is 19.3 Å². The molecule has 2 heterocycles. The van der Waals surface area contributed by atoms with Gasteiger partial charge in [-0.3, -0.25) is 4.79 Å². The Hall–Kier alpha value is -3.52. The second kappa shape index (κ2) is 9.32. The number of methoxy groups -OCH3 is 1. The largest absolute Gasteiger partial charge is 0.494 e. The molecule has 11 heteroatoms. The molecule has 0 aliphatic heterocycles. The number of benzene rings is 1. The molecule has 1 N–H and O–H groups in total. The minimum Gasteiger partial charge on any atom is -0.494 e. The Kier molecular flexibility index (Phi) is 6.74. The minimum absolute atomic E-state index is 0.141. The van der Waals surface area contributed by atoms with E-state index in [9.17, 15) is 18.7 Å². The number of anilines is 2. The van der Waals surface area contributed by atoms with Gasteiger partial charge in [0.1, 0.15) is 13.0 Å². The quantitative estimate of drug-likeness (QED) is 0.294. The molecule has 0 radical (unpaired) electrons. The maximum Gasteiger partial charge on any atom is 0.198 e. The fourth-order valence-electron chi connectivity index (χ4n) is 2.97. The normalized spacial score (nSPS) is 11.2. The van der Waals surface area contributed by atoms with Gasteiger partial charge in [-0.05, 0) is 24.6 Å². The van der Waals surface area contributed by atoms with Gasteiger partial charge in [0.15, 0.2) is 23.2 Å². The van der Waals surface area contributed by atoms with Crippen LogP contribution in [0.2, 0.25) is 0 Å². The first kappa shape index (κ1) is 23.1. The summed E-state index contributed by atoms with van der Waals surface area (Å²) in [5.74, 6) is -0.605. The molecule has 3 aromatic rings. The number of rotatable bonds is 8. The number of carbonyl (C=O) groups excluding carboxylic acids is 1. The maximum absolute atomic E-state index is 14.5. The zero-order valence-electron chi connectivity index (χ0n) is 17.9. The lowest BCUT2D eigenvalue weighted by molar-refractivity contribution is 0.0988. The summed E-state index contributed by atoms with van der Waals surface area (Å²) in [6.45, 7) is 4.89. The maximum atomic E-state index is 14.5. The van der Waals surface area contributed by atoms with Gasteiger partial charge >= 0.3 is 0 Å². The van der Waals surface area contributed by atoms with Crippen LogP contribution < -0.4 is 15.4 Å². The molecule has 0 bridgehead atoms. The minimum atomic E-state index is -2.55. The molecule has 3 rings (SSSR count). The van der Waals surface area contributed by atoms with E-state index in [0.29, 0.717) is 5.30 Å². The molecule has 0 atom stereocenters. The highest BCUT2D eigenvalue weighted by atomic mass is 31.2. The number of Topliss-reactive ketones (excluding diaryl/α,β-unsaturated/α-hetero) is 1. The molecule has 0 amide bonds. The highest BCUT2D eigenvalue weighted by molar-refractivity contribution is 7.70. The van der Waals surface area contributed by atoms with E-state index in [2.05, 4.69) is 25.4 Å². The molecule has 0 aliphatic rings. The monoisotopic (exact) mass is 457 g/mol. The number of nitrogens with zero attached hydrogens (tertiary/aromatic N) is 4. The van der Waals surface area contributed by atoms with E-state index in [1.54, 1.807) is 20.3 Å². The average molecular weight is 457 g/mol. The fourth-order valence-corrected chi connectivity index (χ4v) is 3.64. The van der Waals surface area contributed by atoms with Crippen molar-refractivity contribution in [2.45, 2.75) is 13.3 Å². The molecule has 1 aromatic carbocycles. The number of hydrogen-bond acceptors (Lipinski definition) is 9. The molecular formula is C21H21FN5O4P. The lowest BCUT2D eigenvalue weighted by atomic mass is 10.1. The van der Waals surface area contributed by atoms with Crippen molar-refractivity contribution in [3.63, 3.8) is 0 Å². The first-order chi connectivity index (χ1) is 15.2. The van der Waals surface area contributed by atoms with Crippen LogP contribution in [0.5, 0.6) is 5.75 Å². The molecule has 0 saturated carbocycles. The Bertz CT molecular complexity index is 1230. The van der Waals surface area contributed by atoms with Crippen molar-refractivity contribution in [1.29, 1.82) is 0 Å². The summed E-state index contributed by atoms with van der Waals surface area (Å²) in [6.07, 6.45) is 4.31. The number of ether oxygens (including phenoxy) is 1. The van der Waals surface area contributed by atoms with Gasteiger partial charge in [-0.15, -0.1) is 4.91 Å². The third-order valence-corrected chi connectivity index (χ3v) is 6.11. The summed E-state index contributed by atoms with van der Waals surface area (Å²) in [4.78, 5) is 35.5. The lowest BCUT2D eigenvalue weighted by Gasteiger charge is -2.17. The molecule has 0 fully saturated rings. The van der Waals surface area contributed by atoms with Crippen LogP contribution in [0.4, 0.5) is 21.6 Å². The predicted molar refractivity (Wildman–Crippen MR) is 121 cm³/mol. The summed E-state index contributed by atoms with van der Waals surface area (Å²) < 4.78 is 32.2. The van der Waals surface area contributed by atoms with Crippen molar-refractivity contribution in [3.05, 3.63) is 53.1 Å². The van der Waals surface area contributed by atoms with Gasteiger partial charge in [-0.1, -0.05) is 6.92 Å². The van der Waals surface area contributed by atoms with Gasteiger partial charge < -0.3 is 14.6 Å². The second-order valence-electron chi connectivity index (χ2n) is 7.23. The molecular weight excluding hydrogens is 436 g/mol. The van der Waals surface area contributed by atoms with E-state index >= 15 is 0 Å². The van der Waals surface area contributed by atoms with Crippen LogP contribution in [0, 0.1) is 10.7 Å². The Balaban J connectivity index is 2.12. The smallest absolute Gasteiger partial charge is 0.198 e. The second-order valence-corrected chi connectivity index (χ2v) is 10.4. The van der Waals surface area contributed by atoms with Crippen molar-refractivity contribution >= 4 is 35.4 Å². The number of hydrogen-bond donors (Lipinski definition) is 1. The number of nitroso groups, excluding NO2 is 1. The van der Waals surface area contributed by atoms with E-state index in [0.717, 1.165) is 0 Å². The van der Waals surface area contributed by atoms with Crippen molar-refractivity contribution < 1.29 is 18.5 Å². The van der Waals surface area contributed by atoms with E-state index < -0.39 is 13.0 Å². The summed E-state index contributed by atoms with van der Waals surface area (Å²) in [7, 11) is -1.16. The van der Waals surface area contributed by atoms with E-state index in [1.165, 1.54) is 43.9 Å². The molecule has 0 aliphatic carbocycles. The Labute approximate surface area is 183 Å². The van der Waals surface area contributed by atoms with Gasteiger partial charge in [0.05, 0.1) is 29.6 Å². The van der Waals surface area contributed by atoms with Crippen LogP contribution in [-0.2, 0) is 4.57 Å². The van der Waals surface area contributed by atoms with Crippen LogP contribution in [0.1, 0.15) is 23.7 Å². The summed E-state index contributed by atoms with van der Waals surface area (Å²) in [6, 6.07) is 3.68. The number of nitrogens with one attached hydrogen (secondary N) is 1. The first-order valence-corrected chi connectivity index (χ1v) is 12.2. The summed E-state index contributed by atoms with van der Waals surface area (Å²) in [5.41, 5.74) is 0.871. The van der Waals surface area contributed by atoms with Crippen LogP contribution in [-0.4, -0.2) is 41.2 Å². The predicted octanol–water partition coefficient (Wildman–Crippen LogP) is 4.67. The number of carbonyl (C=O) groups is 1. The number of aromatic nitrogens is 3. The third-order valence-electron chi connectivity index (χ3n) is 4.63. The topological polar surface area (TPSA) is 124 Å². The van der Waals surface area contributed by atoms with Crippen molar-refractivity contribution in [3.8, 4) is 17.1 Å². The van der Waals surface area contributed by atoms with Crippen LogP contribution in [0.15, 0.2) is 42.0 Å². The zero-order valence-corrected chi connectivity index (χ0v) is 18.8. The summed E-state index contributed by atoms with van der Waals surface area (Å²) >= 11 is 0. The third kappa shape index (κ3) is 4.86. The standard InChI is InChI=1S/C21H21FN5O4P/c1-5-18(28)15-11-23-19(27-29)8-16(15)26-17-7-12(22)6-14(20(17)31-2)21-24-9-13(10-25-21)32(3,4)30/h6-11H,5H2,1-4H3,(H,23,26). The molecule has 0 unspecified atom stereocenters. The Morgan fingerprint density at radius 2 is 1.81 bits per heavy atom. The first-order valence-electron chi connectivity index (χ1n) is 9.57. The molecule has 9 nitrogen and oxygen atoms in total. The number of pyridine rings is 1. The van der Waals surface area contributed by atoms with Crippen LogP contribution in [0.3, 0.4) is 0 Å². The summed E-state index contributed by atoms with van der Waals surface area (Å²) in [5, 5.41) is 6.22. The lowest BCUT2D eigenvalue weighted by Crippen LogP contribution is -2.08. The van der Waals surface area contributed by atoms with Crippen LogP contribution in [0.25, 0.3) is 11.4 Å². The fraction of sp³-hybridized carbons (Fsp3) is 0.238. The van der Waals surface area contributed by atoms with Crippen molar-refractivity contribution in [2.75, 3.05) is 25.8 Å². The molecule has 166 valence electrons. The average Bonchev–Trinajstić information content (AvgIpc) is 2.77. The van der Waals surface area contributed by atoms with E-state index in [4.69, 9.17) is 4.74 Å². The van der Waals surface area contributed by atoms with Gasteiger partial charge in [0, 0.05) is 42.4 Å². The van der Waals surface area contributed by atoms with Gasteiger partial charge in [0.2, 0.25) is 0 Å². The molecule has 2 aromatic heterocycles. The number of ketones is 1. The molecule has 0 spiro atoms. The Morgan fingerprint density at radius 1 is 1.12 bits per heavy atom. The van der Waals surface area contributed by atoms with E-state index in [1.807, 2.05) is 0 Å². The van der Waals surface area contributed by atoms with Crippen molar-refractivity contribution in [2.24, 2.45) is 5.18 Å². The SMILES string of the molecule is CCC(=O)c1cnc(N=O)cc1Nc1cc(F)cc(-c2ncc(P(C)(C)=O)cn2)c1OC. The van der Waals surface area contributed by atoms with E-state index in [-0.39, 0.29) is 52.1 Å².